The van der Waals surface area contributed by atoms with Crippen LogP contribution in [0.4, 0.5) is 0 Å². The third kappa shape index (κ3) is 3.08. The fourth-order valence-electron chi connectivity index (χ4n) is 2.91. The number of rotatable bonds is 3. The van der Waals surface area contributed by atoms with Crippen LogP contribution in [-0.2, 0) is 20.8 Å². The van der Waals surface area contributed by atoms with Crippen LogP contribution in [0.5, 0.6) is 0 Å². The number of likely N-dealkylation sites (tertiary alicyclic amines) is 1. The molecular formula is C16H21NO3. The summed E-state index contributed by atoms with van der Waals surface area (Å²) in [5.74, 6) is 0.185. The third-order valence-corrected chi connectivity index (χ3v) is 4.07. The van der Waals surface area contributed by atoms with E-state index in [0.29, 0.717) is 6.42 Å². The number of nitrogens with zero attached hydrogens (tertiary/aromatic N) is 1. The summed E-state index contributed by atoms with van der Waals surface area (Å²) in [5, 5.41) is 0. The number of ketones is 1. The molecule has 2 saturated heterocycles. The molecule has 1 atom stereocenters. The van der Waals surface area contributed by atoms with E-state index in [1.54, 1.807) is 0 Å². The van der Waals surface area contributed by atoms with Gasteiger partial charge in [-0.1, -0.05) is 30.3 Å². The first kappa shape index (κ1) is 13.7. The summed E-state index contributed by atoms with van der Waals surface area (Å²) in [5.41, 5.74) is 1.29. The second-order valence-electron chi connectivity index (χ2n) is 5.58. The first-order valence-electron chi connectivity index (χ1n) is 7.32. The number of benzene rings is 1. The zero-order chi connectivity index (χ0) is 13.9. The lowest BCUT2D eigenvalue weighted by atomic mass is 9.98. The standard InChI is InChI=1S/C16H21NO3/c1-12-19-16(20-12)14-7-9-17(10-8-15(14)18)11-13-5-3-2-4-6-13/h2-6,12,14,16H,7-11H2,1H3. The Labute approximate surface area is 119 Å². The van der Waals surface area contributed by atoms with Crippen LogP contribution in [0.25, 0.3) is 0 Å². The second-order valence-corrected chi connectivity index (χ2v) is 5.58. The third-order valence-electron chi connectivity index (χ3n) is 4.07. The SMILES string of the molecule is CC1OC(C2CCN(Cc3ccccc3)CCC2=O)O1. The molecule has 3 rings (SSSR count). The zero-order valence-corrected chi connectivity index (χ0v) is 11.8. The Bertz CT molecular complexity index is 456. The molecule has 0 bridgehead atoms. The lowest BCUT2D eigenvalue weighted by Gasteiger charge is -2.38. The van der Waals surface area contributed by atoms with E-state index >= 15 is 0 Å². The van der Waals surface area contributed by atoms with E-state index in [-0.39, 0.29) is 24.3 Å². The Balaban J connectivity index is 1.57. The van der Waals surface area contributed by atoms with E-state index < -0.39 is 0 Å². The molecule has 1 unspecified atom stereocenters. The van der Waals surface area contributed by atoms with Gasteiger partial charge >= 0.3 is 0 Å². The van der Waals surface area contributed by atoms with E-state index in [1.807, 2.05) is 13.0 Å². The summed E-state index contributed by atoms with van der Waals surface area (Å²) in [6.45, 7) is 4.51. The molecular weight excluding hydrogens is 254 g/mol. The fourth-order valence-corrected chi connectivity index (χ4v) is 2.91. The Morgan fingerprint density at radius 3 is 2.65 bits per heavy atom. The fraction of sp³-hybridized carbons (Fsp3) is 0.562. The summed E-state index contributed by atoms with van der Waals surface area (Å²) in [6.07, 6.45) is 0.948. The smallest absolute Gasteiger partial charge is 0.173 e. The highest BCUT2D eigenvalue weighted by Crippen LogP contribution is 2.29. The van der Waals surface area contributed by atoms with Crippen LogP contribution >= 0.6 is 0 Å². The quantitative estimate of drug-likeness (QED) is 0.847. The van der Waals surface area contributed by atoms with Crippen LogP contribution in [0.15, 0.2) is 30.3 Å². The van der Waals surface area contributed by atoms with Crippen LogP contribution in [0.2, 0.25) is 0 Å². The molecule has 108 valence electrons. The predicted octanol–water partition coefficient (Wildman–Crippen LogP) is 2.19. The van der Waals surface area contributed by atoms with Gasteiger partial charge in [0.15, 0.2) is 12.6 Å². The van der Waals surface area contributed by atoms with E-state index in [0.717, 1.165) is 26.1 Å². The lowest BCUT2D eigenvalue weighted by molar-refractivity contribution is -0.387. The van der Waals surface area contributed by atoms with Gasteiger partial charge in [0.2, 0.25) is 0 Å². The molecule has 1 aromatic carbocycles. The van der Waals surface area contributed by atoms with Gasteiger partial charge in [-0.05, 0) is 25.5 Å². The predicted molar refractivity (Wildman–Crippen MR) is 74.9 cm³/mol. The molecule has 4 nitrogen and oxygen atoms in total. The van der Waals surface area contributed by atoms with Gasteiger partial charge in [0.05, 0.1) is 5.92 Å². The van der Waals surface area contributed by atoms with Crippen molar-refractivity contribution in [1.82, 2.24) is 4.90 Å². The molecule has 2 aliphatic heterocycles. The molecule has 0 radical (unpaired) electrons. The normalized spacial score (nSPS) is 31.6. The molecule has 0 spiro atoms. The van der Waals surface area contributed by atoms with E-state index in [4.69, 9.17) is 9.47 Å². The minimum absolute atomic E-state index is 0.0908. The number of Topliss-reactive ketones (excluding diaryl/α,β-unsaturated/α-hetero) is 1. The van der Waals surface area contributed by atoms with Crippen molar-refractivity contribution in [3.63, 3.8) is 0 Å². The van der Waals surface area contributed by atoms with Crippen LogP contribution in [0, 0.1) is 5.92 Å². The molecule has 0 aliphatic carbocycles. The van der Waals surface area contributed by atoms with Gasteiger partial charge in [-0.3, -0.25) is 9.69 Å². The topological polar surface area (TPSA) is 38.8 Å². The van der Waals surface area contributed by atoms with Crippen molar-refractivity contribution >= 4 is 5.78 Å². The summed E-state index contributed by atoms with van der Waals surface area (Å²) in [4.78, 5) is 14.5. The van der Waals surface area contributed by atoms with Crippen LogP contribution < -0.4 is 0 Å². The minimum atomic E-state index is -0.311. The van der Waals surface area contributed by atoms with Gasteiger partial charge < -0.3 is 9.47 Å². The van der Waals surface area contributed by atoms with Gasteiger partial charge in [-0.2, -0.15) is 0 Å². The van der Waals surface area contributed by atoms with Crippen molar-refractivity contribution in [2.75, 3.05) is 13.1 Å². The summed E-state index contributed by atoms with van der Waals surface area (Å²) >= 11 is 0. The van der Waals surface area contributed by atoms with Crippen molar-refractivity contribution < 1.29 is 14.3 Å². The largest absolute Gasteiger partial charge is 0.323 e. The van der Waals surface area contributed by atoms with Crippen LogP contribution in [-0.4, -0.2) is 36.4 Å². The summed E-state index contributed by atoms with van der Waals surface area (Å²) in [6, 6.07) is 10.4. The molecule has 0 saturated carbocycles. The number of hydrogen-bond acceptors (Lipinski definition) is 4. The number of carbonyl (C=O) groups is 1. The van der Waals surface area contributed by atoms with Gasteiger partial charge in [-0.25, -0.2) is 0 Å². The Kier molecular flexibility index (Phi) is 4.15. The van der Waals surface area contributed by atoms with Crippen molar-refractivity contribution in [3.05, 3.63) is 35.9 Å². The second kappa shape index (κ2) is 6.04. The Morgan fingerprint density at radius 1 is 1.20 bits per heavy atom. The molecule has 2 fully saturated rings. The molecule has 20 heavy (non-hydrogen) atoms. The first-order chi connectivity index (χ1) is 9.72. The number of ether oxygens (including phenoxy) is 2. The van der Waals surface area contributed by atoms with Gasteiger partial charge in [0.1, 0.15) is 5.78 Å². The maximum Gasteiger partial charge on any atom is 0.173 e. The Morgan fingerprint density at radius 2 is 1.95 bits per heavy atom. The average Bonchev–Trinajstić information content (AvgIpc) is 2.60. The number of carbonyl (C=O) groups excluding carboxylic acids is 1. The van der Waals surface area contributed by atoms with Crippen molar-refractivity contribution in [3.8, 4) is 0 Å². The van der Waals surface area contributed by atoms with E-state index in [2.05, 4.69) is 29.2 Å². The maximum absolute atomic E-state index is 12.2. The molecule has 1 aromatic rings. The molecule has 2 heterocycles. The highest BCUT2D eigenvalue weighted by Gasteiger charge is 2.39. The van der Waals surface area contributed by atoms with Crippen LogP contribution in [0.3, 0.4) is 0 Å². The lowest BCUT2D eigenvalue weighted by Crippen LogP contribution is -2.46. The van der Waals surface area contributed by atoms with Crippen molar-refractivity contribution in [2.45, 2.75) is 38.9 Å². The van der Waals surface area contributed by atoms with Crippen molar-refractivity contribution in [2.24, 2.45) is 5.92 Å². The van der Waals surface area contributed by atoms with E-state index in [9.17, 15) is 4.79 Å². The first-order valence-corrected chi connectivity index (χ1v) is 7.32. The zero-order valence-electron chi connectivity index (χ0n) is 11.8. The minimum Gasteiger partial charge on any atom is -0.323 e. The highest BCUT2D eigenvalue weighted by molar-refractivity contribution is 5.81. The van der Waals surface area contributed by atoms with Gasteiger partial charge in [0.25, 0.3) is 0 Å². The molecule has 0 aromatic heterocycles. The summed E-state index contributed by atoms with van der Waals surface area (Å²) in [7, 11) is 0. The molecule has 2 aliphatic rings. The maximum atomic E-state index is 12.2. The Hall–Kier alpha value is -1.23. The van der Waals surface area contributed by atoms with E-state index in [1.165, 1.54) is 5.56 Å². The number of hydrogen-bond donors (Lipinski definition) is 0. The molecule has 0 amide bonds. The monoisotopic (exact) mass is 275 g/mol. The summed E-state index contributed by atoms with van der Waals surface area (Å²) < 4.78 is 11.0. The average molecular weight is 275 g/mol. The van der Waals surface area contributed by atoms with Gasteiger partial charge in [-0.15, -0.1) is 0 Å². The highest BCUT2D eigenvalue weighted by atomic mass is 16.9. The van der Waals surface area contributed by atoms with Crippen molar-refractivity contribution in [1.29, 1.82) is 0 Å². The van der Waals surface area contributed by atoms with Gasteiger partial charge in [0, 0.05) is 19.5 Å². The van der Waals surface area contributed by atoms with Crippen LogP contribution in [0.1, 0.15) is 25.3 Å². The molecule has 4 heteroatoms. The molecule has 0 N–H and O–H groups in total.